The molecule has 1 unspecified atom stereocenters. The quantitative estimate of drug-likeness (QED) is 0.160. The Bertz CT molecular complexity index is 1610. The lowest BCUT2D eigenvalue weighted by Crippen LogP contribution is -2.33. The predicted molar refractivity (Wildman–Crippen MR) is 134 cm³/mol. The second kappa shape index (κ2) is 12.0. The highest BCUT2D eigenvalue weighted by Gasteiger charge is 2.45. The molecule has 2 aliphatic heterocycles. The standard InChI is InChI=1S/C20H28N4O15P2/c1-9-5-23(19(28)21-17(9)26)15-3-11(13(7-25)36-15)39-41(33,34)35-8-14-12(38-40(30,31)32)4-16(37-14)24-6-10(2)18(27)22-20(24)29/h5-6,11-16,25H,3-4,7-8H2,1-2H3,(H,33,34)(H,21,26,28)(H,22,27,29)(H2,30,31,32)/t11-,12-,13+,14+,15-,16+/m0/s1. The van der Waals surface area contributed by atoms with Crippen molar-refractivity contribution in [2.75, 3.05) is 13.2 Å². The number of nitrogens with one attached hydrogen (secondary N) is 2. The first-order valence-corrected chi connectivity index (χ1v) is 15.0. The van der Waals surface area contributed by atoms with Gasteiger partial charge in [0.2, 0.25) is 0 Å². The van der Waals surface area contributed by atoms with Crippen molar-refractivity contribution >= 4 is 15.6 Å². The minimum Gasteiger partial charge on any atom is -0.394 e. The Hall–Kier alpha value is -2.54. The zero-order valence-corrected chi connectivity index (χ0v) is 23.3. The maximum atomic E-state index is 12.8. The summed E-state index contributed by atoms with van der Waals surface area (Å²) in [6, 6.07) is 0. The van der Waals surface area contributed by atoms with E-state index in [9.17, 15) is 48.1 Å². The third kappa shape index (κ3) is 7.46. The Morgan fingerprint density at radius 3 is 1.78 bits per heavy atom. The number of H-pyrrole nitrogens is 2. The van der Waals surface area contributed by atoms with Crippen molar-refractivity contribution in [3.63, 3.8) is 0 Å². The second-order valence-corrected chi connectivity index (χ2v) is 12.0. The number of aromatic amines is 2. The van der Waals surface area contributed by atoms with Crippen molar-refractivity contribution in [2.45, 2.75) is 63.6 Å². The first-order chi connectivity index (χ1) is 19.1. The Kier molecular flexibility index (Phi) is 9.18. The molecule has 2 aliphatic rings. The number of phosphoric ester groups is 2. The number of ether oxygens (including phenoxy) is 2. The van der Waals surface area contributed by atoms with Crippen LogP contribution in [-0.2, 0) is 32.2 Å². The van der Waals surface area contributed by atoms with Gasteiger partial charge in [-0.05, 0) is 13.8 Å². The van der Waals surface area contributed by atoms with E-state index in [1.54, 1.807) is 0 Å². The molecule has 0 amide bonds. The molecule has 2 aromatic heterocycles. The zero-order chi connectivity index (χ0) is 30.3. The minimum atomic E-state index is -5.09. The van der Waals surface area contributed by atoms with Gasteiger partial charge in [-0.3, -0.25) is 42.3 Å². The van der Waals surface area contributed by atoms with Crippen LogP contribution in [0.25, 0.3) is 0 Å². The average Bonchev–Trinajstić information content (AvgIpc) is 3.44. The van der Waals surface area contributed by atoms with Gasteiger partial charge in [0.15, 0.2) is 0 Å². The molecule has 2 saturated heterocycles. The zero-order valence-electron chi connectivity index (χ0n) is 21.5. The topological polar surface area (TPSA) is 271 Å². The average molecular weight is 626 g/mol. The first-order valence-electron chi connectivity index (χ1n) is 12.0. The maximum absolute atomic E-state index is 12.8. The molecule has 228 valence electrons. The third-order valence-electron chi connectivity index (χ3n) is 6.40. The molecule has 7 atom stereocenters. The molecule has 0 radical (unpaired) electrons. The summed E-state index contributed by atoms with van der Waals surface area (Å²) >= 11 is 0. The molecule has 4 heterocycles. The number of nitrogens with zero attached hydrogens (tertiary/aromatic N) is 2. The fourth-order valence-corrected chi connectivity index (χ4v) is 5.96. The molecule has 41 heavy (non-hydrogen) atoms. The third-order valence-corrected chi connectivity index (χ3v) is 7.95. The van der Waals surface area contributed by atoms with Crippen LogP contribution in [0.4, 0.5) is 0 Å². The molecule has 0 spiro atoms. The Morgan fingerprint density at radius 1 is 0.854 bits per heavy atom. The molecule has 0 aliphatic carbocycles. The van der Waals surface area contributed by atoms with Gasteiger partial charge in [0.05, 0.1) is 13.2 Å². The highest BCUT2D eigenvalue weighted by Crippen LogP contribution is 2.50. The van der Waals surface area contributed by atoms with Crippen LogP contribution < -0.4 is 22.5 Å². The van der Waals surface area contributed by atoms with Gasteiger partial charge < -0.3 is 29.3 Å². The Labute approximate surface area is 229 Å². The van der Waals surface area contributed by atoms with Crippen LogP contribution in [0.5, 0.6) is 0 Å². The van der Waals surface area contributed by atoms with Crippen molar-refractivity contribution < 1.29 is 52.0 Å². The summed E-state index contributed by atoms with van der Waals surface area (Å²) in [7, 11) is -10.1. The van der Waals surface area contributed by atoms with Crippen molar-refractivity contribution in [3.8, 4) is 0 Å². The van der Waals surface area contributed by atoms with Crippen LogP contribution in [0.2, 0.25) is 0 Å². The molecular formula is C20H28N4O15P2. The Balaban J connectivity index is 1.46. The highest BCUT2D eigenvalue weighted by molar-refractivity contribution is 7.47. The SMILES string of the molecule is Cc1cn([C@@H]2C[C@H](OP(=O)(O)OC[C@H]3O[C@@H](n4cc(C)c(=O)[nH]c4=O)C[C@@H]3OP(=O)(O)O)[C@@H](CO)O2)c(=O)[nH]c1=O. The largest absolute Gasteiger partial charge is 0.472 e. The molecule has 19 nitrogen and oxygen atoms in total. The lowest BCUT2D eigenvalue weighted by atomic mass is 10.2. The number of aromatic nitrogens is 4. The van der Waals surface area contributed by atoms with E-state index in [1.165, 1.54) is 26.2 Å². The number of aryl methyl sites for hydroxylation is 2. The predicted octanol–water partition coefficient (Wildman–Crippen LogP) is -1.75. The van der Waals surface area contributed by atoms with Gasteiger partial charge in [-0.1, -0.05) is 0 Å². The van der Waals surface area contributed by atoms with E-state index in [0.29, 0.717) is 0 Å². The highest BCUT2D eigenvalue weighted by atomic mass is 31.2. The van der Waals surface area contributed by atoms with E-state index in [1.807, 2.05) is 0 Å². The summed E-state index contributed by atoms with van der Waals surface area (Å²) in [6.07, 6.45) is -5.61. The van der Waals surface area contributed by atoms with Crippen LogP contribution in [0, 0.1) is 13.8 Å². The van der Waals surface area contributed by atoms with Gasteiger partial charge in [0.1, 0.15) is 36.9 Å². The van der Waals surface area contributed by atoms with Gasteiger partial charge >= 0.3 is 27.0 Å². The summed E-state index contributed by atoms with van der Waals surface area (Å²) in [5.41, 5.74) is -2.61. The van der Waals surface area contributed by atoms with Crippen molar-refractivity contribution in [1.29, 1.82) is 0 Å². The van der Waals surface area contributed by atoms with Crippen molar-refractivity contribution in [3.05, 3.63) is 65.2 Å². The second-order valence-electron chi connectivity index (χ2n) is 9.41. The van der Waals surface area contributed by atoms with E-state index in [4.69, 9.17) is 23.0 Å². The van der Waals surface area contributed by atoms with Crippen molar-refractivity contribution in [2.24, 2.45) is 0 Å². The monoisotopic (exact) mass is 626 g/mol. The summed E-state index contributed by atoms with van der Waals surface area (Å²) in [4.78, 5) is 80.9. The van der Waals surface area contributed by atoms with Crippen LogP contribution in [-0.4, -0.2) is 76.5 Å². The van der Waals surface area contributed by atoms with E-state index >= 15 is 0 Å². The summed E-state index contributed by atoms with van der Waals surface area (Å²) in [6.45, 7) is 1.40. The molecule has 6 N–H and O–H groups in total. The van der Waals surface area contributed by atoms with E-state index in [-0.39, 0.29) is 24.0 Å². The first kappa shape index (κ1) is 31.4. The number of rotatable bonds is 10. The van der Waals surface area contributed by atoms with Gasteiger partial charge in [-0.25, -0.2) is 18.7 Å². The smallest absolute Gasteiger partial charge is 0.394 e. The van der Waals surface area contributed by atoms with Crippen LogP contribution in [0.3, 0.4) is 0 Å². The molecule has 0 bridgehead atoms. The number of phosphoric acid groups is 2. The normalized spacial score (nSPS) is 28.1. The number of aliphatic hydroxyl groups is 1. The summed E-state index contributed by atoms with van der Waals surface area (Å²) in [5, 5.41) is 9.69. The number of hydrogen-bond donors (Lipinski definition) is 6. The van der Waals surface area contributed by atoms with Crippen LogP contribution in [0.1, 0.15) is 36.4 Å². The molecule has 21 heteroatoms. The molecule has 4 rings (SSSR count). The van der Waals surface area contributed by atoms with Gasteiger partial charge in [-0.2, -0.15) is 0 Å². The van der Waals surface area contributed by atoms with E-state index in [2.05, 4.69) is 9.97 Å². The van der Waals surface area contributed by atoms with Gasteiger partial charge in [0, 0.05) is 36.4 Å². The Morgan fingerprint density at radius 2 is 1.32 bits per heavy atom. The van der Waals surface area contributed by atoms with Crippen LogP contribution in [0.15, 0.2) is 31.6 Å². The summed E-state index contributed by atoms with van der Waals surface area (Å²) < 4.78 is 52.4. The molecule has 2 aromatic rings. The van der Waals surface area contributed by atoms with Crippen molar-refractivity contribution in [1.82, 2.24) is 19.1 Å². The molecule has 0 saturated carbocycles. The number of hydrogen-bond acceptors (Lipinski definition) is 12. The van der Waals surface area contributed by atoms with Crippen LogP contribution >= 0.6 is 15.6 Å². The fraction of sp³-hybridized carbons (Fsp3) is 0.600. The number of aliphatic hydroxyl groups excluding tert-OH is 1. The summed E-state index contributed by atoms with van der Waals surface area (Å²) in [5.74, 6) is 0. The van der Waals surface area contributed by atoms with Gasteiger partial charge in [0.25, 0.3) is 11.1 Å². The van der Waals surface area contributed by atoms with Gasteiger partial charge in [-0.15, -0.1) is 0 Å². The van der Waals surface area contributed by atoms with E-state index < -0.39 is 88.2 Å². The molecular weight excluding hydrogens is 598 g/mol. The lowest BCUT2D eigenvalue weighted by molar-refractivity contribution is -0.0571. The van der Waals surface area contributed by atoms with E-state index in [0.717, 1.165) is 9.13 Å². The lowest BCUT2D eigenvalue weighted by Gasteiger charge is -2.23. The molecule has 2 fully saturated rings. The maximum Gasteiger partial charge on any atom is 0.472 e. The fourth-order valence-electron chi connectivity index (χ4n) is 4.42. The molecule has 0 aromatic carbocycles. The minimum absolute atomic E-state index is 0.142.